The number of nitrogens with one attached hydrogen (secondary N) is 1. The summed E-state index contributed by atoms with van der Waals surface area (Å²) in [6, 6.07) is 6.45. The zero-order valence-corrected chi connectivity index (χ0v) is 16.5. The van der Waals surface area contributed by atoms with Crippen molar-refractivity contribution in [3.63, 3.8) is 0 Å². The second-order valence-electron chi connectivity index (χ2n) is 5.39. The van der Waals surface area contributed by atoms with E-state index in [4.69, 9.17) is 16.3 Å². The van der Waals surface area contributed by atoms with E-state index in [1.807, 2.05) is 13.8 Å². The Kier molecular flexibility index (Phi) is 5.27. The Bertz CT molecular complexity index is 977. The van der Waals surface area contributed by atoms with Gasteiger partial charge in [-0.1, -0.05) is 29.0 Å². The molecule has 0 fully saturated rings. The van der Waals surface area contributed by atoms with Gasteiger partial charge in [0.05, 0.1) is 9.17 Å². The molecule has 0 unspecified atom stereocenters. The molecule has 0 aliphatic heterocycles. The van der Waals surface area contributed by atoms with Gasteiger partial charge in [0, 0.05) is 5.02 Å². The lowest BCUT2D eigenvalue weighted by Crippen LogP contribution is -2.20. The number of nitrogens with zero attached hydrogens (tertiary/aromatic N) is 1. The molecule has 8 heteroatoms. The molecule has 0 spiro atoms. The summed E-state index contributed by atoms with van der Waals surface area (Å²) < 4.78 is 20.6. The third-order valence-corrected chi connectivity index (χ3v) is 6.05. The van der Waals surface area contributed by atoms with Gasteiger partial charge in [0.25, 0.3) is 5.91 Å². The van der Waals surface area contributed by atoms with Gasteiger partial charge in [-0.05, 0) is 59.1 Å². The lowest BCUT2D eigenvalue weighted by atomic mass is 10.1. The van der Waals surface area contributed by atoms with Crippen LogP contribution in [0.25, 0.3) is 10.2 Å². The number of ether oxygens (including phenoxy) is 1. The van der Waals surface area contributed by atoms with Gasteiger partial charge in [0.2, 0.25) is 0 Å². The van der Waals surface area contributed by atoms with Gasteiger partial charge >= 0.3 is 0 Å². The molecule has 130 valence electrons. The Morgan fingerprint density at radius 1 is 1.44 bits per heavy atom. The standard InChI is InChI=1S/C17H13BrClFN2O2S/c1-8-6-11(14(18)9(2)15(8)19)24-7-13(23)21-17-22-16-10(20)4-3-5-12(16)25-17/h3-6H,7H2,1-2H3,(H,21,22,23). The number of amides is 1. The fraction of sp³-hybridized carbons (Fsp3) is 0.176. The lowest BCUT2D eigenvalue weighted by Gasteiger charge is -2.12. The highest BCUT2D eigenvalue weighted by molar-refractivity contribution is 9.10. The molecule has 0 saturated heterocycles. The van der Waals surface area contributed by atoms with Crippen LogP contribution in [0.4, 0.5) is 9.52 Å². The Morgan fingerprint density at radius 3 is 2.92 bits per heavy atom. The van der Waals surface area contributed by atoms with E-state index in [2.05, 4.69) is 26.2 Å². The number of fused-ring (bicyclic) bond motifs is 1. The predicted molar refractivity (Wildman–Crippen MR) is 102 cm³/mol. The van der Waals surface area contributed by atoms with Crippen molar-refractivity contribution in [1.82, 2.24) is 4.98 Å². The zero-order valence-electron chi connectivity index (χ0n) is 13.3. The van der Waals surface area contributed by atoms with Gasteiger partial charge < -0.3 is 4.74 Å². The zero-order chi connectivity index (χ0) is 18.1. The summed E-state index contributed by atoms with van der Waals surface area (Å²) >= 11 is 10.8. The number of para-hydroxylation sites is 1. The molecule has 3 rings (SSSR count). The Hall–Kier alpha value is -1.70. The predicted octanol–water partition coefficient (Wildman–Crippen LogP) is 5.49. The van der Waals surface area contributed by atoms with Crippen LogP contribution >= 0.6 is 38.9 Å². The van der Waals surface area contributed by atoms with Crippen LogP contribution in [-0.2, 0) is 4.79 Å². The van der Waals surface area contributed by atoms with Crippen LogP contribution in [0.2, 0.25) is 5.02 Å². The first-order valence-electron chi connectivity index (χ1n) is 7.29. The molecular formula is C17H13BrClFN2O2S. The smallest absolute Gasteiger partial charge is 0.264 e. The molecule has 0 bridgehead atoms. The number of anilines is 1. The number of carbonyl (C=O) groups excluding carboxylic acids is 1. The van der Waals surface area contributed by atoms with Gasteiger partial charge in [0.15, 0.2) is 11.7 Å². The van der Waals surface area contributed by atoms with E-state index in [0.717, 1.165) is 11.1 Å². The minimum Gasteiger partial charge on any atom is -0.483 e. The summed E-state index contributed by atoms with van der Waals surface area (Å²) in [4.78, 5) is 16.2. The summed E-state index contributed by atoms with van der Waals surface area (Å²) in [5, 5.41) is 3.61. The average Bonchev–Trinajstić information content (AvgIpc) is 2.99. The van der Waals surface area contributed by atoms with Crippen molar-refractivity contribution in [3.05, 3.63) is 50.7 Å². The molecule has 2 aromatic carbocycles. The molecular weight excluding hydrogens is 431 g/mol. The summed E-state index contributed by atoms with van der Waals surface area (Å²) in [6.07, 6.45) is 0. The number of hydrogen-bond donors (Lipinski definition) is 1. The first-order valence-corrected chi connectivity index (χ1v) is 9.28. The van der Waals surface area contributed by atoms with Crippen LogP contribution in [0.5, 0.6) is 5.75 Å². The van der Waals surface area contributed by atoms with Gasteiger partial charge in [-0.15, -0.1) is 0 Å². The minimum atomic E-state index is -0.415. The van der Waals surface area contributed by atoms with E-state index < -0.39 is 5.82 Å². The van der Waals surface area contributed by atoms with E-state index in [1.54, 1.807) is 18.2 Å². The number of carbonyl (C=O) groups is 1. The number of halogens is 3. The molecule has 1 amide bonds. The number of aryl methyl sites for hydroxylation is 1. The van der Waals surface area contributed by atoms with Crippen molar-refractivity contribution >= 4 is 60.1 Å². The minimum absolute atomic E-state index is 0.197. The van der Waals surface area contributed by atoms with Crippen LogP contribution in [-0.4, -0.2) is 17.5 Å². The summed E-state index contributed by atoms with van der Waals surface area (Å²) in [6.45, 7) is 3.53. The quantitative estimate of drug-likeness (QED) is 0.580. The Morgan fingerprint density at radius 2 is 2.20 bits per heavy atom. The van der Waals surface area contributed by atoms with Gasteiger partial charge in [-0.25, -0.2) is 9.37 Å². The maximum atomic E-state index is 13.6. The summed E-state index contributed by atoms with van der Waals surface area (Å²) in [5.74, 6) is -0.261. The highest BCUT2D eigenvalue weighted by atomic mass is 79.9. The van der Waals surface area contributed by atoms with Crippen molar-refractivity contribution in [2.24, 2.45) is 0 Å². The topological polar surface area (TPSA) is 51.2 Å². The molecule has 3 aromatic rings. The first kappa shape index (κ1) is 18.1. The van der Waals surface area contributed by atoms with Crippen LogP contribution in [0, 0.1) is 19.7 Å². The van der Waals surface area contributed by atoms with Crippen LogP contribution in [0.15, 0.2) is 28.7 Å². The summed E-state index contributed by atoms with van der Waals surface area (Å²) in [7, 11) is 0. The van der Waals surface area contributed by atoms with E-state index in [9.17, 15) is 9.18 Å². The molecule has 0 atom stereocenters. The van der Waals surface area contributed by atoms with Crippen LogP contribution < -0.4 is 10.1 Å². The van der Waals surface area contributed by atoms with Gasteiger partial charge in [-0.2, -0.15) is 0 Å². The lowest BCUT2D eigenvalue weighted by molar-refractivity contribution is -0.118. The molecule has 1 heterocycles. The van der Waals surface area contributed by atoms with E-state index in [-0.39, 0.29) is 18.0 Å². The Balaban J connectivity index is 1.70. The highest BCUT2D eigenvalue weighted by Crippen LogP contribution is 2.35. The normalized spacial score (nSPS) is 10.9. The van der Waals surface area contributed by atoms with Crippen LogP contribution in [0.3, 0.4) is 0 Å². The fourth-order valence-electron chi connectivity index (χ4n) is 2.27. The molecule has 0 aliphatic carbocycles. The Labute approximate surface area is 161 Å². The van der Waals surface area contributed by atoms with Gasteiger partial charge in [0.1, 0.15) is 17.1 Å². The van der Waals surface area contributed by atoms with Gasteiger partial charge in [-0.3, -0.25) is 10.1 Å². The maximum absolute atomic E-state index is 13.6. The monoisotopic (exact) mass is 442 g/mol. The largest absolute Gasteiger partial charge is 0.483 e. The average molecular weight is 444 g/mol. The molecule has 1 aromatic heterocycles. The van der Waals surface area contributed by atoms with Crippen molar-refractivity contribution in [1.29, 1.82) is 0 Å². The first-order chi connectivity index (χ1) is 11.9. The van der Waals surface area contributed by atoms with E-state index in [1.165, 1.54) is 17.4 Å². The number of benzene rings is 2. The molecule has 4 nitrogen and oxygen atoms in total. The SMILES string of the molecule is Cc1cc(OCC(=O)Nc2nc3c(F)cccc3s2)c(Br)c(C)c1Cl. The number of thiazole rings is 1. The molecule has 0 saturated carbocycles. The van der Waals surface area contributed by atoms with E-state index >= 15 is 0 Å². The third-order valence-electron chi connectivity index (χ3n) is 3.54. The molecule has 25 heavy (non-hydrogen) atoms. The number of hydrogen-bond acceptors (Lipinski definition) is 4. The number of rotatable bonds is 4. The van der Waals surface area contributed by atoms with Crippen molar-refractivity contribution in [2.75, 3.05) is 11.9 Å². The summed E-state index contributed by atoms with van der Waals surface area (Å²) in [5.41, 5.74) is 1.95. The fourth-order valence-corrected chi connectivity index (χ4v) is 3.86. The second kappa shape index (κ2) is 7.27. The second-order valence-corrected chi connectivity index (χ2v) is 7.59. The van der Waals surface area contributed by atoms with E-state index in [0.29, 0.717) is 25.1 Å². The van der Waals surface area contributed by atoms with Crippen molar-refractivity contribution in [3.8, 4) is 5.75 Å². The molecule has 0 aliphatic rings. The number of aromatic nitrogens is 1. The highest BCUT2D eigenvalue weighted by Gasteiger charge is 2.14. The van der Waals surface area contributed by atoms with Crippen LogP contribution in [0.1, 0.15) is 11.1 Å². The molecule has 0 radical (unpaired) electrons. The van der Waals surface area contributed by atoms with Crippen molar-refractivity contribution in [2.45, 2.75) is 13.8 Å². The van der Waals surface area contributed by atoms with Crippen molar-refractivity contribution < 1.29 is 13.9 Å². The molecule has 1 N–H and O–H groups in total. The maximum Gasteiger partial charge on any atom is 0.264 e. The third kappa shape index (κ3) is 3.78.